The molecule has 1 unspecified atom stereocenters. The summed E-state index contributed by atoms with van der Waals surface area (Å²) in [6.45, 7) is 9.19. The first-order chi connectivity index (χ1) is 12.5. The van der Waals surface area contributed by atoms with Gasteiger partial charge in [-0.05, 0) is 32.0 Å². The fourth-order valence-electron chi connectivity index (χ4n) is 2.70. The van der Waals surface area contributed by atoms with Crippen molar-refractivity contribution in [2.75, 3.05) is 19.7 Å². The number of β-amino-alcohol motifs (C(OH)–C–C–N with tert-alkyl or cyclic N) is 1. The monoisotopic (exact) mass is 357 g/mol. The average molecular weight is 357 g/mol. The molecular weight excluding hydrogens is 326 g/mol. The van der Waals surface area contributed by atoms with Gasteiger partial charge in [-0.15, -0.1) is 0 Å². The van der Waals surface area contributed by atoms with E-state index in [0.29, 0.717) is 13.1 Å². The Labute approximate surface area is 155 Å². The first-order valence-corrected chi connectivity index (χ1v) is 9.25. The first-order valence-electron chi connectivity index (χ1n) is 9.25. The molecule has 0 bridgehead atoms. The molecule has 1 atom stereocenters. The van der Waals surface area contributed by atoms with Crippen LogP contribution in [0.15, 0.2) is 42.5 Å². The number of ether oxygens (including phenoxy) is 1. The predicted octanol–water partition coefficient (Wildman–Crippen LogP) is 3.41. The van der Waals surface area contributed by atoms with Gasteiger partial charge in [0.2, 0.25) is 0 Å². The molecular formula is C21H31N3O2. The van der Waals surface area contributed by atoms with Crippen molar-refractivity contribution in [3.05, 3.63) is 42.5 Å². The van der Waals surface area contributed by atoms with Crippen LogP contribution in [0.1, 0.15) is 27.7 Å². The standard InChI is InChI=1S/C19H25N3O2.C2H6/c1-19(2,12-20)21-10-13(23)11-24-17-9-5-8-16-18(17)14-6-3-4-7-15(14)22-16;1-2/h3-9,13,21-23H,10-12,20H2,1-2H3;1-2H3. The van der Waals surface area contributed by atoms with Crippen LogP contribution in [0.25, 0.3) is 21.8 Å². The van der Waals surface area contributed by atoms with Crippen molar-refractivity contribution in [3.63, 3.8) is 0 Å². The maximum atomic E-state index is 10.2. The van der Waals surface area contributed by atoms with Gasteiger partial charge in [0.05, 0.1) is 5.52 Å². The molecule has 5 N–H and O–H groups in total. The number of aromatic nitrogens is 1. The summed E-state index contributed by atoms with van der Waals surface area (Å²) in [4.78, 5) is 3.39. The molecule has 3 rings (SSSR count). The SMILES string of the molecule is CC.CC(C)(CN)NCC(O)COc1cccc2[nH]c3ccccc3c12. The molecule has 1 aromatic heterocycles. The van der Waals surface area contributed by atoms with E-state index in [1.807, 2.05) is 64.1 Å². The number of nitrogens with two attached hydrogens (primary N) is 1. The zero-order valence-corrected chi connectivity index (χ0v) is 16.2. The van der Waals surface area contributed by atoms with E-state index in [1.165, 1.54) is 0 Å². The normalized spacial score (nSPS) is 12.7. The minimum absolute atomic E-state index is 0.197. The Morgan fingerprint density at radius 1 is 1.12 bits per heavy atom. The maximum absolute atomic E-state index is 10.2. The third-order valence-electron chi connectivity index (χ3n) is 4.25. The minimum atomic E-state index is -0.601. The number of para-hydroxylation sites is 1. The van der Waals surface area contributed by atoms with Crippen LogP contribution < -0.4 is 15.8 Å². The molecule has 5 heteroatoms. The van der Waals surface area contributed by atoms with Crippen LogP contribution in [-0.4, -0.2) is 41.4 Å². The van der Waals surface area contributed by atoms with Crippen LogP contribution in [0.5, 0.6) is 5.75 Å². The van der Waals surface area contributed by atoms with E-state index < -0.39 is 6.10 Å². The highest BCUT2D eigenvalue weighted by Crippen LogP contribution is 2.32. The van der Waals surface area contributed by atoms with Crippen molar-refractivity contribution in [3.8, 4) is 5.75 Å². The van der Waals surface area contributed by atoms with Gasteiger partial charge in [0.25, 0.3) is 0 Å². The van der Waals surface area contributed by atoms with Crippen molar-refractivity contribution in [1.29, 1.82) is 0 Å². The Balaban J connectivity index is 0.00000117. The number of fused-ring (bicyclic) bond motifs is 3. The summed E-state index contributed by atoms with van der Waals surface area (Å²) < 4.78 is 5.91. The van der Waals surface area contributed by atoms with Crippen molar-refractivity contribution in [1.82, 2.24) is 10.3 Å². The van der Waals surface area contributed by atoms with Crippen molar-refractivity contribution in [2.45, 2.75) is 39.3 Å². The number of rotatable bonds is 7. The third kappa shape index (κ3) is 4.75. The van der Waals surface area contributed by atoms with Crippen molar-refractivity contribution in [2.24, 2.45) is 5.73 Å². The van der Waals surface area contributed by atoms with Crippen LogP contribution in [0.3, 0.4) is 0 Å². The molecule has 1 heterocycles. The Hall–Kier alpha value is -2.08. The highest BCUT2D eigenvalue weighted by atomic mass is 16.5. The van der Waals surface area contributed by atoms with Gasteiger partial charge in [0.1, 0.15) is 18.5 Å². The van der Waals surface area contributed by atoms with Gasteiger partial charge in [-0.1, -0.05) is 38.1 Å². The number of benzene rings is 2. The average Bonchev–Trinajstić information content (AvgIpc) is 3.05. The summed E-state index contributed by atoms with van der Waals surface area (Å²) in [5, 5.41) is 15.6. The molecule has 0 aliphatic heterocycles. The van der Waals surface area contributed by atoms with Gasteiger partial charge in [-0.3, -0.25) is 0 Å². The lowest BCUT2D eigenvalue weighted by Crippen LogP contribution is -2.49. The Bertz CT molecular complexity index is 826. The Morgan fingerprint density at radius 2 is 1.81 bits per heavy atom. The quantitative estimate of drug-likeness (QED) is 0.522. The molecule has 0 fully saturated rings. The van der Waals surface area contributed by atoms with Crippen LogP contribution in [0.4, 0.5) is 0 Å². The predicted molar refractivity (Wildman–Crippen MR) is 110 cm³/mol. The lowest BCUT2D eigenvalue weighted by atomic mass is 10.1. The molecule has 0 aliphatic carbocycles. The molecule has 0 radical (unpaired) electrons. The summed E-state index contributed by atoms with van der Waals surface area (Å²) in [6.07, 6.45) is -0.601. The number of nitrogens with one attached hydrogen (secondary N) is 2. The van der Waals surface area contributed by atoms with Crippen LogP contribution in [0.2, 0.25) is 0 Å². The van der Waals surface area contributed by atoms with Gasteiger partial charge in [-0.25, -0.2) is 0 Å². The fraction of sp³-hybridized carbons (Fsp3) is 0.429. The second kappa shape index (κ2) is 9.03. The van der Waals surface area contributed by atoms with Crippen molar-refractivity contribution >= 4 is 21.8 Å². The second-order valence-electron chi connectivity index (χ2n) is 6.78. The number of H-pyrrole nitrogens is 1. The first kappa shape index (κ1) is 20.2. The van der Waals surface area contributed by atoms with Crippen LogP contribution >= 0.6 is 0 Å². The van der Waals surface area contributed by atoms with Crippen LogP contribution in [-0.2, 0) is 0 Å². The van der Waals surface area contributed by atoms with Crippen LogP contribution in [0, 0.1) is 0 Å². The molecule has 142 valence electrons. The molecule has 3 aromatic rings. The molecule has 0 saturated heterocycles. The summed E-state index contributed by atoms with van der Waals surface area (Å²) in [6, 6.07) is 14.1. The number of hydrogen-bond acceptors (Lipinski definition) is 4. The van der Waals surface area contributed by atoms with E-state index in [0.717, 1.165) is 27.6 Å². The number of aromatic amines is 1. The molecule has 0 amide bonds. The number of hydrogen-bond donors (Lipinski definition) is 4. The molecule has 0 saturated carbocycles. The molecule has 5 nitrogen and oxygen atoms in total. The van der Waals surface area contributed by atoms with Gasteiger partial charge in [0, 0.05) is 34.9 Å². The molecule has 26 heavy (non-hydrogen) atoms. The van der Waals surface area contributed by atoms with E-state index in [4.69, 9.17) is 10.5 Å². The lowest BCUT2D eigenvalue weighted by molar-refractivity contribution is 0.100. The van der Waals surface area contributed by atoms with E-state index in [9.17, 15) is 5.11 Å². The Morgan fingerprint density at radius 3 is 2.54 bits per heavy atom. The number of aliphatic hydroxyl groups is 1. The summed E-state index contributed by atoms with van der Waals surface area (Å²) >= 11 is 0. The lowest BCUT2D eigenvalue weighted by Gasteiger charge is -2.26. The topological polar surface area (TPSA) is 83.3 Å². The highest BCUT2D eigenvalue weighted by Gasteiger charge is 2.17. The second-order valence-corrected chi connectivity index (χ2v) is 6.78. The van der Waals surface area contributed by atoms with Gasteiger partial charge < -0.3 is 25.9 Å². The molecule has 2 aromatic carbocycles. The Kier molecular flexibility index (Phi) is 7.03. The van der Waals surface area contributed by atoms with E-state index in [-0.39, 0.29) is 12.1 Å². The molecule has 0 spiro atoms. The van der Waals surface area contributed by atoms with Gasteiger partial charge in [-0.2, -0.15) is 0 Å². The smallest absolute Gasteiger partial charge is 0.129 e. The zero-order chi connectivity index (χ0) is 19.2. The van der Waals surface area contributed by atoms with E-state index in [1.54, 1.807) is 0 Å². The number of aliphatic hydroxyl groups excluding tert-OH is 1. The zero-order valence-electron chi connectivity index (χ0n) is 16.2. The van der Waals surface area contributed by atoms with Crippen molar-refractivity contribution < 1.29 is 9.84 Å². The van der Waals surface area contributed by atoms with E-state index >= 15 is 0 Å². The largest absolute Gasteiger partial charge is 0.490 e. The molecule has 0 aliphatic rings. The summed E-state index contributed by atoms with van der Waals surface area (Å²) in [5.41, 5.74) is 7.60. The van der Waals surface area contributed by atoms with Gasteiger partial charge >= 0.3 is 0 Å². The summed E-state index contributed by atoms with van der Waals surface area (Å²) in [7, 11) is 0. The third-order valence-corrected chi connectivity index (χ3v) is 4.25. The van der Waals surface area contributed by atoms with Gasteiger partial charge in [0.15, 0.2) is 0 Å². The summed E-state index contributed by atoms with van der Waals surface area (Å²) in [5.74, 6) is 0.780. The highest BCUT2D eigenvalue weighted by molar-refractivity contribution is 6.10. The maximum Gasteiger partial charge on any atom is 0.129 e. The minimum Gasteiger partial charge on any atom is -0.490 e. The van der Waals surface area contributed by atoms with E-state index in [2.05, 4.69) is 16.4 Å². The fourth-order valence-corrected chi connectivity index (χ4v) is 2.70.